The fraction of sp³-hybridized carbons (Fsp3) is 0.250. The summed E-state index contributed by atoms with van der Waals surface area (Å²) in [5.74, 6) is 0.955. The highest BCUT2D eigenvalue weighted by molar-refractivity contribution is 5.62. The summed E-state index contributed by atoms with van der Waals surface area (Å²) in [5, 5.41) is 0. The number of aryl methyl sites for hydroxylation is 2. The van der Waals surface area contributed by atoms with Crippen molar-refractivity contribution in [1.29, 1.82) is 0 Å². The number of hydrogen-bond donors (Lipinski definition) is 0. The van der Waals surface area contributed by atoms with E-state index in [0.29, 0.717) is 22.9 Å². The van der Waals surface area contributed by atoms with Crippen LogP contribution in [0.4, 0.5) is 13.2 Å². The molecule has 0 bridgehead atoms. The topological polar surface area (TPSA) is 26.0 Å². The van der Waals surface area contributed by atoms with Gasteiger partial charge in [0.1, 0.15) is 11.5 Å². The smallest absolute Gasteiger partial charge is 0.416 e. The molecule has 1 heterocycles. The summed E-state index contributed by atoms with van der Waals surface area (Å²) >= 11 is 0. The number of aromatic nitrogens is 1. The fourth-order valence-corrected chi connectivity index (χ4v) is 1.64. The van der Waals surface area contributed by atoms with E-state index in [-0.39, 0.29) is 0 Å². The van der Waals surface area contributed by atoms with Crippen LogP contribution in [0.3, 0.4) is 0 Å². The SMILES string of the molecule is Cc1nc(-c2cccc(C(F)(F)F)c2)c(C)o1. The van der Waals surface area contributed by atoms with Crippen LogP contribution < -0.4 is 0 Å². The molecule has 0 spiro atoms. The van der Waals surface area contributed by atoms with E-state index in [2.05, 4.69) is 4.98 Å². The summed E-state index contributed by atoms with van der Waals surface area (Å²) in [7, 11) is 0. The molecule has 0 radical (unpaired) electrons. The van der Waals surface area contributed by atoms with Gasteiger partial charge in [0.25, 0.3) is 0 Å². The highest BCUT2D eigenvalue weighted by Gasteiger charge is 2.30. The molecule has 0 aliphatic heterocycles. The minimum absolute atomic E-state index is 0.411. The molecule has 90 valence electrons. The first-order valence-corrected chi connectivity index (χ1v) is 4.99. The van der Waals surface area contributed by atoms with E-state index in [0.717, 1.165) is 12.1 Å². The van der Waals surface area contributed by atoms with Gasteiger partial charge >= 0.3 is 6.18 Å². The van der Waals surface area contributed by atoms with Crippen molar-refractivity contribution in [3.05, 3.63) is 41.5 Å². The van der Waals surface area contributed by atoms with Gasteiger partial charge in [0.05, 0.1) is 5.56 Å². The number of alkyl halides is 3. The summed E-state index contributed by atoms with van der Waals surface area (Å²) in [6.07, 6.45) is -4.34. The third-order valence-electron chi connectivity index (χ3n) is 2.37. The largest absolute Gasteiger partial charge is 0.446 e. The molecule has 2 aromatic rings. The lowest BCUT2D eigenvalue weighted by Crippen LogP contribution is -2.04. The average Bonchev–Trinajstić information content (AvgIpc) is 2.57. The first kappa shape index (κ1) is 11.7. The molecule has 0 saturated heterocycles. The number of benzene rings is 1. The normalized spacial score (nSPS) is 11.8. The minimum Gasteiger partial charge on any atom is -0.446 e. The second kappa shape index (κ2) is 3.91. The molecule has 0 atom stereocenters. The zero-order chi connectivity index (χ0) is 12.6. The maximum absolute atomic E-state index is 12.5. The molecule has 0 unspecified atom stereocenters. The summed E-state index contributed by atoms with van der Waals surface area (Å²) in [6, 6.07) is 5.05. The van der Waals surface area contributed by atoms with Crippen molar-refractivity contribution in [2.45, 2.75) is 20.0 Å². The average molecular weight is 241 g/mol. The van der Waals surface area contributed by atoms with Gasteiger partial charge in [-0.1, -0.05) is 12.1 Å². The van der Waals surface area contributed by atoms with Gasteiger partial charge in [-0.05, 0) is 19.1 Å². The van der Waals surface area contributed by atoms with E-state index < -0.39 is 11.7 Å². The van der Waals surface area contributed by atoms with Gasteiger partial charge in [-0.2, -0.15) is 13.2 Å². The van der Waals surface area contributed by atoms with Crippen LogP contribution in [-0.4, -0.2) is 4.98 Å². The predicted octanol–water partition coefficient (Wildman–Crippen LogP) is 3.98. The van der Waals surface area contributed by atoms with E-state index in [9.17, 15) is 13.2 Å². The Balaban J connectivity index is 2.50. The molecule has 5 heteroatoms. The molecule has 0 saturated carbocycles. The number of hydrogen-bond acceptors (Lipinski definition) is 2. The monoisotopic (exact) mass is 241 g/mol. The molecule has 0 fully saturated rings. The molecular weight excluding hydrogens is 231 g/mol. The van der Waals surface area contributed by atoms with Gasteiger partial charge in [0, 0.05) is 12.5 Å². The Bertz CT molecular complexity index is 543. The lowest BCUT2D eigenvalue weighted by Gasteiger charge is -2.07. The highest BCUT2D eigenvalue weighted by Crippen LogP contribution is 2.32. The van der Waals surface area contributed by atoms with Gasteiger partial charge in [0.15, 0.2) is 5.89 Å². The summed E-state index contributed by atoms with van der Waals surface area (Å²) in [6.45, 7) is 3.33. The third-order valence-corrected chi connectivity index (χ3v) is 2.37. The van der Waals surface area contributed by atoms with Crippen LogP contribution in [0, 0.1) is 13.8 Å². The van der Waals surface area contributed by atoms with Crippen LogP contribution in [0.2, 0.25) is 0 Å². The van der Waals surface area contributed by atoms with Crippen molar-refractivity contribution in [2.24, 2.45) is 0 Å². The van der Waals surface area contributed by atoms with Crippen LogP contribution in [0.1, 0.15) is 17.2 Å². The first-order chi connectivity index (χ1) is 7.88. The van der Waals surface area contributed by atoms with Crippen LogP contribution in [0.25, 0.3) is 11.3 Å². The predicted molar refractivity (Wildman–Crippen MR) is 56.4 cm³/mol. The highest BCUT2D eigenvalue weighted by atomic mass is 19.4. The zero-order valence-corrected chi connectivity index (χ0v) is 9.30. The third kappa shape index (κ3) is 2.33. The Hall–Kier alpha value is -1.78. The van der Waals surface area contributed by atoms with Crippen molar-refractivity contribution < 1.29 is 17.6 Å². The molecule has 1 aromatic carbocycles. The molecular formula is C12H10F3NO. The Labute approximate surface area is 96.1 Å². The maximum Gasteiger partial charge on any atom is 0.416 e. The van der Waals surface area contributed by atoms with Gasteiger partial charge < -0.3 is 4.42 Å². The summed E-state index contributed by atoms with van der Waals surface area (Å²) in [4.78, 5) is 4.07. The number of oxazole rings is 1. The molecule has 0 amide bonds. The molecule has 0 aliphatic rings. The lowest BCUT2D eigenvalue weighted by atomic mass is 10.1. The van der Waals surface area contributed by atoms with Crippen molar-refractivity contribution in [3.8, 4) is 11.3 Å². The summed E-state index contributed by atoms with van der Waals surface area (Å²) < 4.78 is 42.8. The lowest BCUT2D eigenvalue weighted by molar-refractivity contribution is -0.137. The van der Waals surface area contributed by atoms with Crippen LogP contribution in [0.5, 0.6) is 0 Å². The Morgan fingerprint density at radius 1 is 1.18 bits per heavy atom. The van der Waals surface area contributed by atoms with E-state index >= 15 is 0 Å². The molecule has 2 rings (SSSR count). The van der Waals surface area contributed by atoms with Crippen molar-refractivity contribution in [1.82, 2.24) is 4.98 Å². The van der Waals surface area contributed by atoms with Crippen LogP contribution in [0.15, 0.2) is 28.7 Å². The molecule has 0 N–H and O–H groups in total. The van der Waals surface area contributed by atoms with E-state index in [1.807, 2.05) is 0 Å². The van der Waals surface area contributed by atoms with Crippen molar-refractivity contribution in [2.75, 3.05) is 0 Å². The Morgan fingerprint density at radius 2 is 1.88 bits per heavy atom. The molecule has 0 aliphatic carbocycles. The van der Waals surface area contributed by atoms with Crippen LogP contribution >= 0.6 is 0 Å². The quantitative estimate of drug-likeness (QED) is 0.754. The van der Waals surface area contributed by atoms with E-state index in [1.54, 1.807) is 19.9 Å². The molecule has 1 aromatic heterocycles. The minimum atomic E-state index is -4.34. The van der Waals surface area contributed by atoms with Gasteiger partial charge in [0.2, 0.25) is 0 Å². The van der Waals surface area contributed by atoms with Gasteiger partial charge in [-0.15, -0.1) is 0 Å². The molecule has 2 nitrogen and oxygen atoms in total. The van der Waals surface area contributed by atoms with E-state index in [4.69, 9.17) is 4.42 Å². The van der Waals surface area contributed by atoms with Gasteiger partial charge in [-0.3, -0.25) is 0 Å². The first-order valence-electron chi connectivity index (χ1n) is 4.99. The maximum atomic E-state index is 12.5. The Morgan fingerprint density at radius 3 is 2.41 bits per heavy atom. The Kier molecular flexibility index (Phi) is 2.69. The number of halogens is 3. The summed E-state index contributed by atoms with van der Waals surface area (Å²) in [5.41, 5.74) is 0.179. The fourth-order valence-electron chi connectivity index (χ4n) is 1.64. The van der Waals surface area contributed by atoms with Crippen molar-refractivity contribution in [3.63, 3.8) is 0 Å². The zero-order valence-electron chi connectivity index (χ0n) is 9.30. The second-order valence-corrected chi connectivity index (χ2v) is 3.72. The van der Waals surface area contributed by atoms with Gasteiger partial charge in [-0.25, -0.2) is 4.98 Å². The number of nitrogens with zero attached hydrogens (tertiary/aromatic N) is 1. The number of rotatable bonds is 1. The van der Waals surface area contributed by atoms with E-state index in [1.165, 1.54) is 6.07 Å². The van der Waals surface area contributed by atoms with Crippen LogP contribution in [-0.2, 0) is 6.18 Å². The molecule has 17 heavy (non-hydrogen) atoms. The van der Waals surface area contributed by atoms with Crippen molar-refractivity contribution >= 4 is 0 Å². The second-order valence-electron chi connectivity index (χ2n) is 3.72. The standard InChI is InChI=1S/C12H10F3NO/c1-7-11(16-8(2)17-7)9-4-3-5-10(6-9)12(13,14)15/h3-6H,1-2H3.